The molecule has 17 heteroatoms. The van der Waals surface area contributed by atoms with Crippen molar-refractivity contribution < 1.29 is 27.2 Å². The average Bonchev–Trinajstić information content (AvgIpc) is 3.50. The van der Waals surface area contributed by atoms with Crippen molar-refractivity contribution in [1.82, 2.24) is 35.3 Å². The second kappa shape index (κ2) is 13.1. The maximum atomic E-state index is 12.9. The highest BCUT2D eigenvalue weighted by atomic mass is 35.5. The van der Waals surface area contributed by atoms with Crippen LogP contribution < -0.4 is 16.0 Å². The molecule has 2 aliphatic rings. The van der Waals surface area contributed by atoms with E-state index in [1.54, 1.807) is 29.6 Å². The summed E-state index contributed by atoms with van der Waals surface area (Å²) in [5, 5.41) is 9.41. The van der Waals surface area contributed by atoms with Crippen LogP contribution in [0.5, 0.6) is 0 Å². The van der Waals surface area contributed by atoms with Crippen molar-refractivity contribution in [3.05, 3.63) is 45.9 Å². The van der Waals surface area contributed by atoms with Gasteiger partial charge >= 0.3 is 18.0 Å². The van der Waals surface area contributed by atoms with Crippen LogP contribution in [0, 0.1) is 0 Å². The third-order valence-electron chi connectivity index (χ3n) is 7.75. The van der Waals surface area contributed by atoms with Crippen molar-refractivity contribution in [2.45, 2.75) is 44.4 Å². The average molecular weight is 656 g/mol. The lowest BCUT2D eigenvalue weighted by atomic mass is 9.97. The van der Waals surface area contributed by atoms with Gasteiger partial charge < -0.3 is 25.3 Å². The first-order chi connectivity index (χ1) is 20.9. The van der Waals surface area contributed by atoms with Gasteiger partial charge in [-0.3, -0.25) is 14.5 Å². The largest absolute Gasteiger partial charge is 0.410 e. The molecule has 0 spiro atoms. The highest BCUT2D eigenvalue weighted by Gasteiger charge is 2.36. The van der Waals surface area contributed by atoms with Gasteiger partial charge in [0, 0.05) is 55.4 Å². The quantitative estimate of drug-likeness (QED) is 0.384. The van der Waals surface area contributed by atoms with Gasteiger partial charge in [-0.15, -0.1) is 10.2 Å². The monoisotopic (exact) mass is 655 g/mol. The predicted molar refractivity (Wildman–Crippen MR) is 157 cm³/mol. The molecule has 3 N–H and O–H groups in total. The summed E-state index contributed by atoms with van der Waals surface area (Å²) >= 11 is 12.5. The Balaban J connectivity index is 1.21. The van der Waals surface area contributed by atoms with Crippen molar-refractivity contribution in [2.75, 3.05) is 49.9 Å². The number of halogens is 5. The summed E-state index contributed by atoms with van der Waals surface area (Å²) in [7, 11) is 0. The molecule has 12 nitrogen and oxygen atoms in total. The lowest BCUT2D eigenvalue weighted by Crippen LogP contribution is -2.58. The Kier molecular flexibility index (Phi) is 9.46. The fourth-order valence-electron chi connectivity index (χ4n) is 5.53. The number of piperidine rings is 1. The Morgan fingerprint density at radius 1 is 1.07 bits per heavy atom. The normalized spacial score (nSPS) is 18.5. The van der Waals surface area contributed by atoms with Crippen LogP contribution in [0.1, 0.15) is 47.2 Å². The van der Waals surface area contributed by atoms with E-state index < -0.39 is 24.5 Å². The van der Waals surface area contributed by atoms with Gasteiger partial charge in [0.25, 0.3) is 11.8 Å². The molecule has 236 valence electrons. The number of likely N-dealkylation sites (tertiary alicyclic amines) is 1. The molecule has 1 atom stereocenters. The van der Waals surface area contributed by atoms with E-state index in [9.17, 15) is 22.8 Å². The molecule has 2 saturated heterocycles. The third-order valence-corrected chi connectivity index (χ3v) is 8.25. The molecule has 2 fully saturated rings. The first-order valence-corrected chi connectivity index (χ1v) is 14.8. The second-order valence-electron chi connectivity index (χ2n) is 10.6. The van der Waals surface area contributed by atoms with Crippen molar-refractivity contribution >= 4 is 46.7 Å². The molecule has 0 unspecified atom stereocenters. The van der Waals surface area contributed by atoms with Crippen molar-refractivity contribution in [3.8, 4) is 11.6 Å². The maximum Gasteiger partial charge on any atom is 0.405 e. The number of nitrogens with two attached hydrogens (primary N) is 1. The van der Waals surface area contributed by atoms with Crippen molar-refractivity contribution in [1.29, 1.82) is 0 Å². The number of anilines is 2. The fourth-order valence-corrected chi connectivity index (χ4v) is 5.90. The number of alkyl halides is 3. The zero-order valence-electron chi connectivity index (χ0n) is 23.7. The smallest absolute Gasteiger partial charge is 0.405 e. The van der Waals surface area contributed by atoms with Crippen LogP contribution in [-0.2, 0) is 0 Å². The molecule has 1 aromatic carbocycles. The molecular formula is C27H30Cl2F3N9O3. The van der Waals surface area contributed by atoms with Crippen LogP contribution in [-0.4, -0.2) is 99.3 Å². The second-order valence-corrected chi connectivity index (χ2v) is 11.4. The molecule has 0 aliphatic carbocycles. The first-order valence-electron chi connectivity index (χ1n) is 14.0. The minimum absolute atomic E-state index is 0.00713. The van der Waals surface area contributed by atoms with E-state index in [1.807, 2.05) is 9.80 Å². The van der Waals surface area contributed by atoms with E-state index in [1.165, 1.54) is 0 Å². The number of hydrogen-bond acceptors (Lipinski definition) is 10. The highest BCUT2D eigenvalue weighted by molar-refractivity contribution is 6.32. The van der Waals surface area contributed by atoms with Gasteiger partial charge in [0.05, 0.1) is 0 Å². The fraction of sp³-hybridized carbons (Fsp3) is 0.481. The molecule has 3 aromatic rings. The van der Waals surface area contributed by atoms with E-state index in [2.05, 4.69) is 32.0 Å². The zero-order chi connectivity index (χ0) is 31.6. The van der Waals surface area contributed by atoms with E-state index in [4.69, 9.17) is 33.4 Å². The number of nitrogen functional groups attached to an aromatic ring is 1. The van der Waals surface area contributed by atoms with Crippen LogP contribution in [0.2, 0.25) is 10.2 Å². The van der Waals surface area contributed by atoms with Crippen molar-refractivity contribution in [2.24, 2.45) is 0 Å². The Bertz CT molecular complexity index is 1500. The summed E-state index contributed by atoms with van der Waals surface area (Å²) in [6, 6.07) is 7.45. The number of carbonyl (C=O) groups excluding carboxylic acids is 2. The van der Waals surface area contributed by atoms with Crippen LogP contribution in [0.15, 0.2) is 28.7 Å². The topological polar surface area (TPSA) is 147 Å². The molecule has 2 amide bonds. The summed E-state index contributed by atoms with van der Waals surface area (Å²) in [5.74, 6) is -1.91. The zero-order valence-corrected chi connectivity index (χ0v) is 25.2. The summed E-state index contributed by atoms with van der Waals surface area (Å²) in [5.41, 5.74) is 6.68. The van der Waals surface area contributed by atoms with E-state index in [0.29, 0.717) is 48.6 Å². The number of amides is 2. The van der Waals surface area contributed by atoms with Crippen LogP contribution in [0.3, 0.4) is 0 Å². The standard InChI is InChI=1S/C27H30Cl2F3N9O3/c1-2-17-13-40(11-12-41(17)18-7-9-39(10-8-18)26(43)15-3-5-16(28)6-4-15)22-20(29)35-19(21(33)36-22)24-37-38-25(44-24)23(42)34-14-27(30,31)32/h3-6,17-18H,2,7-14H2,1H3,(H2,33,36)(H,34,42)/t17-/m0/s1. The summed E-state index contributed by atoms with van der Waals surface area (Å²) in [4.78, 5) is 39.9. The molecule has 44 heavy (non-hydrogen) atoms. The number of piperazine rings is 1. The van der Waals surface area contributed by atoms with Gasteiger partial charge in [-0.25, -0.2) is 9.97 Å². The molecule has 4 heterocycles. The van der Waals surface area contributed by atoms with Crippen molar-refractivity contribution in [3.63, 3.8) is 0 Å². The van der Waals surface area contributed by atoms with Gasteiger partial charge in [-0.05, 0) is 43.5 Å². The molecule has 2 aromatic heterocycles. The summed E-state index contributed by atoms with van der Waals surface area (Å²) in [6.45, 7) is 3.87. The number of benzene rings is 1. The molecular weight excluding hydrogens is 626 g/mol. The first kappa shape index (κ1) is 31.7. The number of hydrogen-bond donors (Lipinski definition) is 2. The minimum atomic E-state index is -4.60. The molecule has 0 radical (unpaired) electrons. The Labute approximate surface area is 260 Å². The summed E-state index contributed by atoms with van der Waals surface area (Å²) in [6.07, 6.45) is -2.01. The molecule has 5 rings (SSSR count). The number of carbonyl (C=O) groups is 2. The van der Waals surface area contributed by atoms with Gasteiger partial charge in [0.1, 0.15) is 6.54 Å². The molecule has 0 bridgehead atoms. The SMILES string of the molecule is CC[C@H]1CN(c2nc(N)c(-c3nnc(C(=O)NCC(F)(F)F)o3)nc2Cl)CCN1C1CCN(C(=O)c2ccc(Cl)cc2)CC1. The van der Waals surface area contributed by atoms with E-state index >= 15 is 0 Å². The Morgan fingerprint density at radius 3 is 2.43 bits per heavy atom. The number of aromatic nitrogens is 4. The molecule has 2 aliphatic heterocycles. The Hall–Kier alpha value is -3.69. The number of nitrogens with zero attached hydrogens (tertiary/aromatic N) is 7. The van der Waals surface area contributed by atoms with Gasteiger partial charge in [0.2, 0.25) is 0 Å². The van der Waals surface area contributed by atoms with Crippen LogP contribution in [0.4, 0.5) is 24.8 Å². The van der Waals surface area contributed by atoms with Crippen LogP contribution in [0.25, 0.3) is 11.6 Å². The third kappa shape index (κ3) is 7.16. The van der Waals surface area contributed by atoms with Crippen LogP contribution >= 0.6 is 23.2 Å². The number of rotatable bonds is 7. The molecule has 0 saturated carbocycles. The lowest BCUT2D eigenvalue weighted by molar-refractivity contribution is -0.123. The predicted octanol–water partition coefficient (Wildman–Crippen LogP) is 3.91. The van der Waals surface area contributed by atoms with Gasteiger partial charge in [0.15, 0.2) is 22.5 Å². The number of nitrogens with one attached hydrogen (secondary N) is 1. The summed E-state index contributed by atoms with van der Waals surface area (Å²) < 4.78 is 42.4. The highest BCUT2D eigenvalue weighted by Crippen LogP contribution is 2.32. The minimum Gasteiger partial charge on any atom is -0.410 e. The van der Waals surface area contributed by atoms with Gasteiger partial charge in [-0.1, -0.05) is 30.1 Å². The Morgan fingerprint density at radius 2 is 1.77 bits per heavy atom. The lowest BCUT2D eigenvalue weighted by Gasteiger charge is -2.47. The maximum absolute atomic E-state index is 12.9. The van der Waals surface area contributed by atoms with E-state index in [0.717, 1.165) is 25.8 Å². The van der Waals surface area contributed by atoms with E-state index in [-0.39, 0.29) is 34.5 Å². The van der Waals surface area contributed by atoms with Gasteiger partial charge in [-0.2, -0.15) is 13.2 Å².